The number of benzene rings is 1. The van der Waals surface area contributed by atoms with Crippen molar-refractivity contribution in [2.45, 2.75) is 19.0 Å². The fourth-order valence-electron chi connectivity index (χ4n) is 2.36. The summed E-state index contributed by atoms with van der Waals surface area (Å²) >= 11 is 1.63. The van der Waals surface area contributed by atoms with Gasteiger partial charge in [0.2, 0.25) is 0 Å². The highest BCUT2D eigenvalue weighted by atomic mass is 32.2. The molecule has 2 aromatic rings. The van der Waals surface area contributed by atoms with Crippen LogP contribution in [0.5, 0.6) is 0 Å². The van der Waals surface area contributed by atoms with Crippen molar-refractivity contribution in [3.63, 3.8) is 0 Å². The van der Waals surface area contributed by atoms with E-state index in [1.807, 2.05) is 19.1 Å². The Hall–Kier alpha value is -1.37. The number of aliphatic hydroxyl groups is 1. The molecule has 5 nitrogen and oxygen atoms in total. The lowest BCUT2D eigenvalue weighted by atomic mass is 9.90. The summed E-state index contributed by atoms with van der Waals surface area (Å²) in [7, 11) is 0. The van der Waals surface area contributed by atoms with Crippen molar-refractivity contribution >= 4 is 11.8 Å². The lowest BCUT2D eigenvalue weighted by molar-refractivity contribution is -0.121. The van der Waals surface area contributed by atoms with Crippen molar-refractivity contribution in [2.75, 3.05) is 25.6 Å². The number of hydrogen-bond donors (Lipinski definition) is 1. The van der Waals surface area contributed by atoms with Crippen LogP contribution >= 0.6 is 11.8 Å². The molecular formula is C15H19N3O2S. The number of hydrogen-bond acceptors (Lipinski definition) is 5. The average molecular weight is 305 g/mol. The summed E-state index contributed by atoms with van der Waals surface area (Å²) in [6.45, 7) is 5.43. The quantitative estimate of drug-likeness (QED) is 0.856. The predicted octanol–water partition coefficient (Wildman–Crippen LogP) is 1.99. The lowest BCUT2D eigenvalue weighted by Crippen LogP contribution is -2.47. The minimum Gasteiger partial charge on any atom is -0.396 e. The second-order valence-corrected chi connectivity index (χ2v) is 6.53. The van der Waals surface area contributed by atoms with Crippen molar-refractivity contribution in [3.8, 4) is 5.69 Å². The standard InChI is InChI=1S/C15H19N3O2S/c1-11-5-3-4-6-13(11)18-12(2)16-17-14(18)21-10-15(7-19)8-20-9-15/h3-6,19H,7-10H2,1-2H3. The molecule has 0 amide bonds. The first-order chi connectivity index (χ1) is 10.2. The van der Waals surface area contributed by atoms with E-state index < -0.39 is 0 Å². The molecule has 1 N–H and O–H groups in total. The van der Waals surface area contributed by atoms with Gasteiger partial charge in [0.25, 0.3) is 0 Å². The molecule has 6 heteroatoms. The number of ether oxygens (including phenoxy) is 1. The van der Waals surface area contributed by atoms with Gasteiger partial charge in [0.05, 0.1) is 25.5 Å². The molecule has 1 aliphatic heterocycles. The number of aromatic nitrogens is 3. The van der Waals surface area contributed by atoms with Crippen LogP contribution in [0.3, 0.4) is 0 Å². The summed E-state index contributed by atoms with van der Waals surface area (Å²) in [5.41, 5.74) is 2.16. The Bertz CT molecular complexity index is 632. The molecule has 0 radical (unpaired) electrons. The minimum absolute atomic E-state index is 0.124. The molecule has 2 heterocycles. The average Bonchev–Trinajstić information content (AvgIpc) is 2.80. The molecule has 0 unspecified atom stereocenters. The summed E-state index contributed by atoms with van der Waals surface area (Å²) in [4.78, 5) is 0. The van der Waals surface area contributed by atoms with Crippen LogP contribution in [-0.2, 0) is 4.74 Å². The van der Waals surface area contributed by atoms with Crippen LogP contribution in [0.25, 0.3) is 5.69 Å². The maximum atomic E-state index is 9.51. The van der Waals surface area contributed by atoms with Crippen molar-refractivity contribution in [2.24, 2.45) is 5.41 Å². The van der Waals surface area contributed by atoms with E-state index in [1.165, 1.54) is 5.56 Å². The zero-order valence-electron chi connectivity index (χ0n) is 12.2. The Labute approximate surface area is 128 Å². The largest absolute Gasteiger partial charge is 0.396 e. The molecule has 0 aliphatic carbocycles. The van der Waals surface area contributed by atoms with Gasteiger partial charge in [0, 0.05) is 11.2 Å². The highest BCUT2D eigenvalue weighted by molar-refractivity contribution is 7.99. The second-order valence-electron chi connectivity index (χ2n) is 5.59. The van der Waals surface area contributed by atoms with Gasteiger partial charge >= 0.3 is 0 Å². The van der Waals surface area contributed by atoms with E-state index in [1.54, 1.807) is 11.8 Å². The van der Waals surface area contributed by atoms with E-state index >= 15 is 0 Å². The monoisotopic (exact) mass is 305 g/mol. The minimum atomic E-state index is -0.124. The van der Waals surface area contributed by atoms with Gasteiger partial charge in [-0.05, 0) is 25.5 Å². The summed E-state index contributed by atoms with van der Waals surface area (Å²) in [6, 6.07) is 8.20. The zero-order valence-corrected chi connectivity index (χ0v) is 13.1. The second kappa shape index (κ2) is 5.79. The molecule has 0 saturated carbocycles. The van der Waals surface area contributed by atoms with Gasteiger partial charge < -0.3 is 9.84 Å². The molecule has 1 aromatic heterocycles. The third-order valence-corrected chi connectivity index (χ3v) is 5.09. The van der Waals surface area contributed by atoms with Crippen LogP contribution in [0.15, 0.2) is 29.4 Å². The van der Waals surface area contributed by atoms with E-state index in [9.17, 15) is 5.11 Å². The molecule has 0 atom stereocenters. The Balaban J connectivity index is 1.86. The number of aryl methyl sites for hydroxylation is 2. The molecule has 112 valence electrons. The fraction of sp³-hybridized carbons (Fsp3) is 0.467. The SMILES string of the molecule is Cc1ccccc1-n1c(C)nnc1SCC1(CO)COC1. The molecule has 0 bridgehead atoms. The molecule has 1 fully saturated rings. The smallest absolute Gasteiger partial charge is 0.195 e. The number of aliphatic hydroxyl groups excluding tert-OH is 1. The van der Waals surface area contributed by atoms with Crippen LogP contribution in [-0.4, -0.2) is 45.4 Å². The highest BCUT2D eigenvalue weighted by Crippen LogP contribution is 2.34. The molecule has 3 rings (SSSR count). The van der Waals surface area contributed by atoms with Gasteiger partial charge in [-0.15, -0.1) is 10.2 Å². The molecule has 0 spiro atoms. The molecule has 1 aromatic carbocycles. The summed E-state index contributed by atoms with van der Waals surface area (Å²) in [5, 5.41) is 18.9. The molecule has 21 heavy (non-hydrogen) atoms. The van der Waals surface area contributed by atoms with Crippen molar-refractivity contribution < 1.29 is 9.84 Å². The van der Waals surface area contributed by atoms with Gasteiger partial charge in [-0.25, -0.2) is 0 Å². The molecule has 1 saturated heterocycles. The summed E-state index contributed by atoms with van der Waals surface area (Å²) in [6.07, 6.45) is 0. The first-order valence-corrected chi connectivity index (χ1v) is 7.93. The van der Waals surface area contributed by atoms with Gasteiger partial charge in [-0.3, -0.25) is 4.57 Å². The van der Waals surface area contributed by atoms with Crippen LogP contribution in [0.4, 0.5) is 0 Å². The number of thioether (sulfide) groups is 1. The number of para-hydroxylation sites is 1. The maximum Gasteiger partial charge on any atom is 0.195 e. The molecular weight excluding hydrogens is 286 g/mol. The lowest BCUT2D eigenvalue weighted by Gasteiger charge is -2.39. The first-order valence-electron chi connectivity index (χ1n) is 6.95. The fourth-order valence-corrected chi connectivity index (χ4v) is 3.51. The van der Waals surface area contributed by atoms with Crippen LogP contribution in [0, 0.1) is 19.3 Å². The third kappa shape index (κ3) is 2.71. The van der Waals surface area contributed by atoms with Gasteiger partial charge in [0.1, 0.15) is 5.82 Å². The van der Waals surface area contributed by atoms with Gasteiger partial charge in [0.15, 0.2) is 5.16 Å². The summed E-state index contributed by atoms with van der Waals surface area (Å²) in [5.74, 6) is 1.66. The van der Waals surface area contributed by atoms with Crippen molar-refractivity contribution in [1.82, 2.24) is 14.8 Å². The van der Waals surface area contributed by atoms with E-state index in [2.05, 4.69) is 33.8 Å². The third-order valence-electron chi connectivity index (χ3n) is 3.81. The van der Waals surface area contributed by atoms with E-state index in [0.29, 0.717) is 13.2 Å². The Morgan fingerprint density at radius 2 is 2.05 bits per heavy atom. The van der Waals surface area contributed by atoms with Crippen LogP contribution < -0.4 is 0 Å². The topological polar surface area (TPSA) is 60.2 Å². The highest BCUT2D eigenvalue weighted by Gasteiger charge is 2.38. The van der Waals surface area contributed by atoms with Gasteiger partial charge in [-0.1, -0.05) is 30.0 Å². The van der Waals surface area contributed by atoms with E-state index in [0.717, 1.165) is 22.4 Å². The van der Waals surface area contributed by atoms with Crippen LogP contribution in [0.2, 0.25) is 0 Å². The first kappa shape index (κ1) is 14.6. The van der Waals surface area contributed by atoms with Crippen LogP contribution in [0.1, 0.15) is 11.4 Å². The van der Waals surface area contributed by atoms with Crippen molar-refractivity contribution in [1.29, 1.82) is 0 Å². The normalized spacial score (nSPS) is 16.7. The molecule has 1 aliphatic rings. The maximum absolute atomic E-state index is 9.51. The zero-order chi connectivity index (χ0) is 14.9. The van der Waals surface area contributed by atoms with Crippen molar-refractivity contribution in [3.05, 3.63) is 35.7 Å². The van der Waals surface area contributed by atoms with E-state index in [4.69, 9.17) is 4.74 Å². The number of rotatable bonds is 5. The summed E-state index contributed by atoms with van der Waals surface area (Å²) < 4.78 is 7.31. The Kier molecular flexibility index (Phi) is 4.01. The Morgan fingerprint density at radius 1 is 1.29 bits per heavy atom. The predicted molar refractivity (Wildman–Crippen MR) is 81.9 cm³/mol. The number of nitrogens with zero attached hydrogens (tertiary/aromatic N) is 3. The van der Waals surface area contributed by atoms with E-state index in [-0.39, 0.29) is 12.0 Å². The van der Waals surface area contributed by atoms with Gasteiger partial charge in [-0.2, -0.15) is 0 Å². The Morgan fingerprint density at radius 3 is 2.67 bits per heavy atom.